The zero-order valence-electron chi connectivity index (χ0n) is 11.9. The molecule has 0 saturated carbocycles. The van der Waals surface area contributed by atoms with Gasteiger partial charge in [-0.1, -0.05) is 42.4 Å². The third kappa shape index (κ3) is 3.64. The second-order valence-electron chi connectivity index (χ2n) is 4.51. The predicted octanol–water partition coefficient (Wildman–Crippen LogP) is 4.72. The van der Waals surface area contributed by atoms with Crippen LogP contribution in [0.25, 0.3) is 0 Å². The summed E-state index contributed by atoms with van der Waals surface area (Å²) >= 11 is 7.79. The molecule has 0 aliphatic heterocycles. The van der Waals surface area contributed by atoms with Gasteiger partial charge in [0.15, 0.2) is 0 Å². The normalized spacial score (nSPS) is 10.6. The van der Waals surface area contributed by atoms with Crippen molar-refractivity contribution in [2.24, 2.45) is 0 Å². The van der Waals surface area contributed by atoms with Crippen molar-refractivity contribution in [1.82, 2.24) is 9.97 Å². The molecule has 2 rings (SSSR count). The number of nitrogens with one attached hydrogen (secondary N) is 1. The molecule has 0 fully saturated rings. The van der Waals surface area contributed by atoms with Crippen LogP contribution in [0.1, 0.15) is 24.7 Å². The second-order valence-corrected chi connectivity index (χ2v) is 5.95. The summed E-state index contributed by atoms with van der Waals surface area (Å²) in [4.78, 5) is 10.0. The molecular weight excluding hydrogens is 290 g/mol. The summed E-state index contributed by atoms with van der Waals surface area (Å²) in [6.07, 6.45) is 1.06. The van der Waals surface area contributed by atoms with Crippen LogP contribution in [-0.4, -0.2) is 16.5 Å². The summed E-state index contributed by atoms with van der Waals surface area (Å²) in [6, 6.07) is 7.80. The maximum absolute atomic E-state index is 6.21. The quantitative estimate of drug-likeness (QED) is 0.811. The first kappa shape index (κ1) is 15.1. The van der Waals surface area contributed by atoms with Gasteiger partial charge < -0.3 is 5.32 Å². The largest absolute Gasteiger partial charge is 0.370 e. The Kier molecular flexibility index (Phi) is 5.26. The van der Waals surface area contributed by atoms with Crippen molar-refractivity contribution in [2.75, 3.05) is 11.9 Å². The Labute approximate surface area is 129 Å². The van der Waals surface area contributed by atoms with Crippen LogP contribution in [0.3, 0.4) is 0 Å². The molecule has 20 heavy (non-hydrogen) atoms. The number of aromatic nitrogens is 2. The first-order chi connectivity index (χ1) is 9.61. The summed E-state index contributed by atoms with van der Waals surface area (Å²) < 4.78 is 0. The van der Waals surface area contributed by atoms with Crippen LogP contribution >= 0.6 is 23.4 Å². The van der Waals surface area contributed by atoms with Gasteiger partial charge >= 0.3 is 0 Å². The van der Waals surface area contributed by atoms with Gasteiger partial charge in [0.25, 0.3) is 0 Å². The number of hydrogen-bond acceptors (Lipinski definition) is 4. The maximum Gasteiger partial charge on any atom is 0.133 e. The molecule has 2 aromatic rings. The number of nitrogens with zero attached hydrogens (tertiary/aromatic N) is 2. The zero-order chi connectivity index (χ0) is 14.5. The SMILES string of the molecule is CCCNc1nc(C)nc(Sc2ccccc2Cl)c1C. The highest BCUT2D eigenvalue weighted by Crippen LogP contribution is 2.35. The average molecular weight is 308 g/mol. The van der Waals surface area contributed by atoms with Crippen molar-refractivity contribution in [2.45, 2.75) is 37.1 Å². The van der Waals surface area contributed by atoms with Crippen LogP contribution in [0, 0.1) is 13.8 Å². The molecule has 1 N–H and O–H groups in total. The van der Waals surface area contributed by atoms with Gasteiger partial charge in [-0.3, -0.25) is 0 Å². The van der Waals surface area contributed by atoms with Crippen LogP contribution in [0.15, 0.2) is 34.2 Å². The summed E-state index contributed by atoms with van der Waals surface area (Å²) in [5, 5.41) is 5.04. The Bertz CT molecular complexity index is 602. The first-order valence-corrected chi connectivity index (χ1v) is 7.82. The number of aryl methyl sites for hydroxylation is 1. The summed E-state index contributed by atoms with van der Waals surface area (Å²) in [7, 11) is 0. The molecular formula is C15H18ClN3S. The van der Waals surface area contributed by atoms with Crippen LogP contribution < -0.4 is 5.32 Å². The molecule has 1 heterocycles. The highest BCUT2D eigenvalue weighted by atomic mass is 35.5. The highest BCUT2D eigenvalue weighted by molar-refractivity contribution is 7.99. The molecule has 1 aromatic heterocycles. The number of anilines is 1. The van der Waals surface area contributed by atoms with E-state index in [0.717, 1.165) is 45.1 Å². The van der Waals surface area contributed by atoms with Gasteiger partial charge in [-0.2, -0.15) is 0 Å². The van der Waals surface area contributed by atoms with E-state index in [1.165, 1.54) is 0 Å². The van der Waals surface area contributed by atoms with Crippen molar-refractivity contribution >= 4 is 29.2 Å². The summed E-state index contributed by atoms with van der Waals surface area (Å²) in [5.74, 6) is 1.68. The molecule has 3 nitrogen and oxygen atoms in total. The molecule has 0 atom stereocenters. The molecule has 0 radical (unpaired) electrons. The van der Waals surface area contributed by atoms with E-state index in [2.05, 4.69) is 22.2 Å². The van der Waals surface area contributed by atoms with Gasteiger partial charge in [0.1, 0.15) is 16.7 Å². The second kappa shape index (κ2) is 6.95. The Morgan fingerprint density at radius 3 is 2.65 bits per heavy atom. The number of rotatable bonds is 5. The Morgan fingerprint density at radius 2 is 1.95 bits per heavy atom. The molecule has 0 aliphatic rings. The molecule has 0 bridgehead atoms. The standard InChI is InChI=1S/C15H18ClN3S/c1-4-9-17-14-10(2)15(19-11(3)18-14)20-13-8-6-5-7-12(13)16/h5-8H,4,9H2,1-3H3,(H,17,18,19). The minimum absolute atomic E-state index is 0.747. The van der Waals surface area contributed by atoms with E-state index in [1.54, 1.807) is 11.8 Å². The average Bonchev–Trinajstić information content (AvgIpc) is 2.43. The van der Waals surface area contributed by atoms with Crippen molar-refractivity contribution in [1.29, 1.82) is 0 Å². The minimum atomic E-state index is 0.747. The van der Waals surface area contributed by atoms with Gasteiger partial charge in [-0.15, -0.1) is 0 Å². The van der Waals surface area contributed by atoms with E-state index in [1.807, 2.05) is 38.1 Å². The highest BCUT2D eigenvalue weighted by Gasteiger charge is 2.11. The van der Waals surface area contributed by atoms with E-state index in [0.29, 0.717) is 0 Å². The van der Waals surface area contributed by atoms with Crippen LogP contribution in [0.5, 0.6) is 0 Å². The van der Waals surface area contributed by atoms with Gasteiger partial charge in [0, 0.05) is 17.0 Å². The lowest BCUT2D eigenvalue weighted by Gasteiger charge is -2.12. The van der Waals surface area contributed by atoms with Crippen molar-refractivity contribution in [3.8, 4) is 0 Å². The van der Waals surface area contributed by atoms with Gasteiger partial charge in [-0.25, -0.2) is 9.97 Å². The molecule has 106 valence electrons. The van der Waals surface area contributed by atoms with E-state index in [-0.39, 0.29) is 0 Å². The molecule has 0 amide bonds. The molecule has 0 saturated heterocycles. The fraction of sp³-hybridized carbons (Fsp3) is 0.333. The topological polar surface area (TPSA) is 37.8 Å². The van der Waals surface area contributed by atoms with Crippen molar-refractivity contribution in [3.63, 3.8) is 0 Å². The Hall–Kier alpha value is -1.26. The van der Waals surface area contributed by atoms with Crippen molar-refractivity contribution in [3.05, 3.63) is 40.7 Å². The summed E-state index contributed by atoms with van der Waals surface area (Å²) in [6.45, 7) is 6.99. The smallest absolute Gasteiger partial charge is 0.133 e. The fourth-order valence-electron chi connectivity index (χ4n) is 1.75. The lowest BCUT2D eigenvalue weighted by molar-refractivity contribution is 0.908. The third-order valence-corrected chi connectivity index (χ3v) is 4.41. The molecule has 0 unspecified atom stereocenters. The van der Waals surface area contributed by atoms with Gasteiger partial charge in [0.2, 0.25) is 0 Å². The van der Waals surface area contributed by atoms with Crippen LogP contribution in [-0.2, 0) is 0 Å². The van der Waals surface area contributed by atoms with E-state index < -0.39 is 0 Å². The fourth-order valence-corrected chi connectivity index (χ4v) is 2.95. The number of halogens is 1. The van der Waals surface area contributed by atoms with E-state index in [9.17, 15) is 0 Å². The lowest BCUT2D eigenvalue weighted by Crippen LogP contribution is -2.07. The number of hydrogen-bond donors (Lipinski definition) is 1. The molecule has 0 aliphatic carbocycles. The van der Waals surface area contributed by atoms with E-state index in [4.69, 9.17) is 11.6 Å². The third-order valence-electron chi connectivity index (χ3n) is 2.80. The lowest BCUT2D eigenvalue weighted by atomic mass is 10.3. The monoisotopic (exact) mass is 307 g/mol. The summed E-state index contributed by atoms with van der Waals surface area (Å²) in [5.41, 5.74) is 1.06. The Balaban J connectivity index is 2.32. The minimum Gasteiger partial charge on any atom is -0.370 e. The van der Waals surface area contributed by atoms with Crippen molar-refractivity contribution < 1.29 is 0 Å². The maximum atomic E-state index is 6.21. The van der Waals surface area contributed by atoms with Gasteiger partial charge in [-0.05, 0) is 32.4 Å². The molecule has 0 spiro atoms. The molecule has 1 aromatic carbocycles. The van der Waals surface area contributed by atoms with E-state index >= 15 is 0 Å². The Morgan fingerprint density at radius 1 is 1.20 bits per heavy atom. The van der Waals surface area contributed by atoms with Gasteiger partial charge in [0.05, 0.1) is 5.02 Å². The predicted molar refractivity (Wildman–Crippen MR) is 85.9 cm³/mol. The van der Waals surface area contributed by atoms with Crippen LogP contribution in [0.2, 0.25) is 5.02 Å². The first-order valence-electron chi connectivity index (χ1n) is 6.63. The molecule has 5 heteroatoms. The van der Waals surface area contributed by atoms with Crippen LogP contribution in [0.4, 0.5) is 5.82 Å². The zero-order valence-corrected chi connectivity index (χ0v) is 13.5. The number of benzene rings is 1.